The standard InChI is InChI=1S/C16H11F2NO2S2/c17-12-6-7-16(14(18)8-12)23(20,21)19-13-9-15(22-10-13)11-4-2-1-3-5-11/h1-10,19H. The van der Waals surface area contributed by atoms with E-state index in [9.17, 15) is 17.2 Å². The zero-order chi connectivity index (χ0) is 16.4. The van der Waals surface area contributed by atoms with E-state index in [-0.39, 0.29) is 0 Å². The SMILES string of the molecule is O=S(=O)(Nc1csc(-c2ccccc2)c1)c1ccc(F)cc1F. The van der Waals surface area contributed by atoms with Crippen molar-refractivity contribution in [2.75, 3.05) is 4.72 Å². The van der Waals surface area contributed by atoms with E-state index in [1.165, 1.54) is 11.3 Å². The van der Waals surface area contributed by atoms with Gasteiger partial charge in [-0.25, -0.2) is 17.2 Å². The summed E-state index contributed by atoms with van der Waals surface area (Å²) in [5, 5.41) is 1.63. The van der Waals surface area contributed by atoms with E-state index in [0.717, 1.165) is 22.6 Å². The first kappa shape index (κ1) is 15.6. The molecule has 1 N–H and O–H groups in total. The van der Waals surface area contributed by atoms with E-state index in [4.69, 9.17) is 0 Å². The Hall–Kier alpha value is -2.25. The second-order valence-electron chi connectivity index (χ2n) is 4.75. The van der Waals surface area contributed by atoms with Gasteiger partial charge in [-0.1, -0.05) is 30.3 Å². The minimum absolute atomic E-state index is 0.331. The van der Waals surface area contributed by atoms with Crippen LogP contribution in [0.5, 0.6) is 0 Å². The van der Waals surface area contributed by atoms with Crippen LogP contribution in [0.1, 0.15) is 0 Å². The zero-order valence-corrected chi connectivity index (χ0v) is 13.3. The minimum atomic E-state index is -4.11. The van der Waals surface area contributed by atoms with Gasteiger partial charge in [0.25, 0.3) is 10.0 Å². The van der Waals surface area contributed by atoms with Crippen LogP contribution >= 0.6 is 11.3 Å². The van der Waals surface area contributed by atoms with E-state index in [0.29, 0.717) is 11.8 Å². The van der Waals surface area contributed by atoms with E-state index < -0.39 is 26.6 Å². The van der Waals surface area contributed by atoms with Gasteiger partial charge in [0.1, 0.15) is 16.5 Å². The topological polar surface area (TPSA) is 46.2 Å². The van der Waals surface area contributed by atoms with E-state index in [1.54, 1.807) is 11.4 Å². The first-order valence-corrected chi connectivity index (χ1v) is 8.94. The van der Waals surface area contributed by atoms with Crippen LogP contribution in [0.25, 0.3) is 10.4 Å². The summed E-state index contributed by atoms with van der Waals surface area (Å²) in [6, 6.07) is 13.5. The van der Waals surface area contributed by atoms with Gasteiger partial charge in [0, 0.05) is 16.3 Å². The second kappa shape index (κ2) is 6.10. The van der Waals surface area contributed by atoms with Crippen LogP contribution in [-0.2, 0) is 10.0 Å². The summed E-state index contributed by atoms with van der Waals surface area (Å²) in [7, 11) is -4.11. The average molecular weight is 351 g/mol. The van der Waals surface area contributed by atoms with E-state index in [1.807, 2.05) is 30.3 Å². The molecule has 0 bridgehead atoms. The Morgan fingerprint density at radius 3 is 2.39 bits per heavy atom. The Kier molecular flexibility index (Phi) is 4.14. The average Bonchev–Trinajstić information content (AvgIpc) is 2.95. The van der Waals surface area contributed by atoms with Crippen LogP contribution in [0.3, 0.4) is 0 Å². The molecule has 0 aliphatic carbocycles. The molecule has 0 saturated carbocycles. The molecule has 7 heteroatoms. The lowest BCUT2D eigenvalue weighted by molar-refractivity contribution is 0.551. The molecule has 118 valence electrons. The molecule has 23 heavy (non-hydrogen) atoms. The van der Waals surface area contributed by atoms with Crippen molar-refractivity contribution in [2.45, 2.75) is 4.90 Å². The Labute approximate surface area is 136 Å². The number of hydrogen-bond acceptors (Lipinski definition) is 3. The van der Waals surface area contributed by atoms with Gasteiger partial charge in [-0.3, -0.25) is 4.72 Å². The molecule has 3 rings (SSSR count). The zero-order valence-electron chi connectivity index (χ0n) is 11.7. The van der Waals surface area contributed by atoms with Crippen molar-refractivity contribution in [1.82, 2.24) is 0 Å². The quantitative estimate of drug-likeness (QED) is 0.752. The van der Waals surface area contributed by atoms with Gasteiger partial charge < -0.3 is 0 Å². The number of thiophene rings is 1. The summed E-state index contributed by atoms with van der Waals surface area (Å²) in [6.07, 6.45) is 0. The number of rotatable bonds is 4. The first-order valence-electron chi connectivity index (χ1n) is 6.57. The molecule has 0 spiro atoms. The molecular formula is C16H11F2NO2S2. The molecule has 3 aromatic rings. The highest BCUT2D eigenvalue weighted by molar-refractivity contribution is 7.92. The fourth-order valence-electron chi connectivity index (χ4n) is 2.05. The van der Waals surface area contributed by atoms with Gasteiger partial charge in [0.05, 0.1) is 5.69 Å². The maximum Gasteiger partial charge on any atom is 0.264 e. The van der Waals surface area contributed by atoms with Gasteiger partial charge in [-0.15, -0.1) is 11.3 Å². The normalized spacial score (nSPS) is 11.4. The molecule has 0 aliphatic rings. The van der Waals surface area contributed by atoms with Crippen LogP contribution in [-0.4, -0.2) is 8.42 Å². The van der Waals surface area contributed by atoms with Crippen molar-refractivity contribution in [3.8, 4) is 10.4 Å². The Morgan fingerprint density at radius 1 is 0.957 bits per heavy atom. The third kappa shape index (κ3) is 3.40. The van der Waals surface area contributed by atoms with Crippen LogP contribution in [0.2, 0.25) is 0 Å². The third-order valence-corrected chi connectivity index (χ3v) is 5.49. The number of benzene rings is 2. The van der Waals surface area contributed by atoms with Crippen molar-refractivity contribution in [3.63, 3.8) is 0 Å². The number of hydrogen-bond donors (Lipinski definition) is 1. The van der Waals surface area contributed by atoms with Crippen molar-refractivity contribution < 1.29 is 17.2 Å². The molecule has 0 amide bonds. The number of sulfonamides is 1. The highest BCUT2D eigenvalue weighted by Crippen LogP contribution is 2.31. The predicted octanol–water partition coefficient (Wildman–Crippen LogP) is 4.49. The molecule has 0 radical (unpaired) electrons. The lowest BCUT2D eigenvalue weighted by Gasteiger charge is -2.07. The molecule has 1 heterocycles. The summed E-state index contributed by atoms with van der Waals surface area (Å²) in [6.45, 7) is 0. The molecule has 2 aromatic carbocycles. The molecule has 1 aromatic heterocycles. The first-order chi connectivity index (χ1) is 11.0. The summed E-state index contributed by atoms with van der Waals surface area (Å²) in [5.74, 6) is -1.96. The Morgan fingerprint density at radius 2 is 1.70 bits per heavy atom. The predicted molar refractivity (Wildman–Crippen MR) is 86.9 cm³/mol. The highest BCUT2D eigenvalue weighted by Gasteiger charge is 2.20. The number of anilines is 1. The fourth-order valence-corrected chi connectivity index (χ4v) is 4.07. The summed E-state index contributed by atoms with van der Waals surface area (Å²) in [5.41, 5.74) is 1.29. The molecule has 3 nitrogen and oxygen atoms in total. The molecular weight excluding hydrogens is 340 g/mol. The maximum atomic E-state index is 13.7. The highest BCUT2D eigenvalue weighted by atomic mass is 32.2. The molecule has 0 atom stereocenters. The Balaban J connectivity index is 1.88. The van der Waals surface area contributed by atoms with Crippen LogP contribution < -0.4 is 4.72 Å². The smallest absolute Gasteiger partial charge is 0.264 e. The van der Waals surface area contributed by atoms with Gasteiger partial charge in [0.15, 0.2) is 0 Å². The maximum absolute atomic E-state index is 13.7. The van der Waals surface area contributed by atoms with E-state index in [2.05, 4.69) is 4.72 Å². The lowest BCUT2D eigenvalue weighted by atomic mass is 10.2. The van der Waals surface area contributed by atoms with Crippen molar-refractivity contribution in [3.05, 3.63) is 71.6 Å². The Bertz CT molecular complexity index is 938. The monoisotopic (exact) mass is 351 g/mol. The van der Waals surface area contributed by atoms with E-state index >= 15 is 0 Å². The number of nitrogens with one attached hydrogen (secondary N) is 1. The van der Waals surface area contributed by atoms with Gasteiger partial charge in [0.2, 0.25) is 0 Å². The van der Waals surface area contributed by atoms with Crippen molar-refractivity contribution >= 4 is 27.0 Å². The van der Waals surface area contributed by atoms with Crippen molar-refractivity contribution in [1.29, 1.82) is 0 Å². The minimum Gasteiger partial charge on any atom is -0.279 e. The van der Waals surface area contributed by atoms with Crippen LogP contribution in [0.15, 0.2) is 64.9 Å². The molecule has 0 fully saturated rings. The van der Waals surface area contributed by atoms with Crippen LogP contribution in [0, 0.1) is 11.6 Å². The summed E-state index contributed by atoms with van der Waals surface area (Å²) >= 11 is 1.36. The summed E-state index contributed by atoms with van der Waals surface area (Å²) < 4.78 is 53.3. The fraction of sp³-hybridized carbons (Fsp3) is 0. The van der Waals surface area contributed by atoms with Gasteiger partial charge in [-0.2, -0.15) is 0 Å². The largest absolute Gasteiger partial charge is 0.279 e. The van der Waals surface area contributed by atoms with Gasteiger partial charge >= 0.3 is 0 Å². The van der Waals surface area contributed by atoms with Gasteiger partial charge in [-0.05, 0) is 23.8 Å². The molecule has 0 aliphatic heterocycles. The second-order valence-corrected chi connectivity index (χ2v) is 7.31. The number of halogens is 2. The lowest BCUT2D eigenvalue weighted by Crippen LogP contribution is -2.14. The van der Waals surface area contributed by atoms with Crippen LogP contribution in [0.4, 0.5) is 14.5 Å². The van der Waals surface area contributed by atoms with Crippen molar-refractivity contribution in [2.24, 2.45) is 0 Å². The third-order valence-electron chi connectivity index (χ3n) is 3.09. The molecule has 0 unspecified atom stereocenters. The summed E-state index contributed by atoms with van der Waals surface area (Å²) in [4.78, 5) is 0.286. The molecule has 0 saturated heterocycles.